The molecule has 0 unspecified atom stereocenters. The van der Waals surface area contributed by atoms with E-state index in [2.05, 4.69) is 33.7 Å². The van der Waals surface area contributed by atoms with Crippen molar-refractivity contribution in [1.82, 2.24) is 10.2 Å². The molecule has 6 nitrogen and oxygen atoms in total. The molecule has 3 aliphatic heterocycles. The number of nitrogens with one attached hydrogen (secondary N) is 2. The lowest BCUT2D eigenvalue weighted by Gasteiger charge is -2.26. The molecule has 3 aliphatic rings. The van der Waals surface area contributed by atoms with E-state index in [0.29, 0.717) is 17.9 Å². The highest BCUT2D eigenvalue weighted by atomic mass is 16.5. The summed E-state index contributed by atoms with van der Waals surface area (Å²) in [7, 11) is 0. The summed E-state index contributed by atoms with van der Waals surface area (Å²) < 4.78 is 11.4. The number of carbonyl (C=O) groups excluding carboxylic acids is 1. The number of nitrogens with zero attached hydrogens (tertiary/aromatic N) is 1. The minimum absolute atomic E-state index is 0.0945. The first-order chi connectivity index (χ1) is 14.3. The summed E-state index contributed by atoms with van der Waals surface area (Å²) in [5.41, 5.74) is 5.78. The predicted molar refractivity (Wildman–Crippen MR) is 112 cm³/mol. The van der Waals surface area contributed by atoms with E-state index < -0.39 is 0 Å². The molecule has 0 atom stereocenters. The van der Waals surface area contributed by atoms with Gasteiger partial charge < -0.3 is 20.1 Å². The van der Waals surface area contributed by atoms with E-state index in [4.69, 9.17) is 9.47 Å². The number of hydrogen-bond donors (Lipinski definition) is 2. The number of carbonyl (C=O) groups is 1. The highest BCUT2D eigenvalue weighted by Gasteiger charge is 2.32. The fraction of sp³-hybridized carbons (Fsp3) is 0.348. The van der Waals surface area contributed by atoms with Crippen LogP contribution in [-0.2, 0) is 27.4 Å². The Bertz CT molecular complexity index is 964. The Labute approximate surface area is 170 Å². The largest absolute Gasteiger partial charge is 0.487 e. The van der Waals surface area contributed by atoms with Gasteiger partial charge in [0.2, 0.25) is 0 Å². The second-order valence-corrected chi connectivity index (χ2v) is 7.61. The van der Waals surface area contributed by atoms with Crippen LogP contribution in [0.2, 0.25) is 0 Å². The molecule has 0 radical (unpaired) electrons. The average Bonchev–Trinajstić information content (AvgIpc) is 3.31. The molecule has 2 N–H and O–H groups in total. The summed E-state index contributed by atoms with van der Waals surface area (Å²) in [6, 6.07) is 14.1. The maximum absolute atomic E-state index is 12.5. The maximum atomic E-state index is 12.5. The number of morpholine rings is 1. The van der Waals surface area contributed by atoms with Gasteiger partial charge in [-0.1, -0.05) is 36.4 Å². The molecule has 150 valence electrons. The SMILES string of the molecule is O=C1Nc2ccccc2C1=C1OCc2cc(CNCCN3CCOCC3)ccc21. The molecule has 0 spiro atoms. The van der Waals surface area contributed by atoms with Crippen molar-refractivity contribution in [1.29, 1.82) is 0 Å². The van der Waals surface area contributed by atoms with Gasteiger partial charge in [-0.15, -0.1) is 0 Å². The molecule has 5 rings (SSSR count). The molecular weight excluding hydrogens is 366 g/mol. The molecule has 0 bridgehead atoms. The molecule has 2 aromatic carbocycles. The smallest absolute Gasteiger partial charge is 0.260 e. The highest BCUT2D eigenvalue weighted by Crippen LogP contribution is 2.41. The van der Waals surface area contributed by atoms with Crippen LogP contribution in [0.1, 0.15) is 22.3 Å². The molecule has 2 aromatic rings. The van der Waals surface area contributed by atoms with E-state index in [0.717, 1.165) is 68.3 Å². The molecule has 1 amide bonds. The van der Waals surface area contributed by atoms with E-state index in [1.54, 1.807) is 0 Å². The number of fused-ring (bicyclic) bond motifs is 2. The minimum atomic E-state index is -0.0945. The fourth-order valence-electron chi connectivity index (χ4n) is 4.17. The Hall–Kier alpha value is -2.67. The van der Waals surface area contributed by atoms with Crippen LogP contribution in [0.4, 0.5) is 5.69 Å². The van der Waals surface area contributed by atoms with Crippen molar-refractivity contribution in [2.24, 2.45) is 0 Å². The van der Waals surface area contributed by atoms with Gasteiger partial charge in [0.05, 0.1) is 18.8 Å². The molecule has 1 saturated heterocycles. The van der Waals surface area contributed by atoms with E-state index in [1.165, 1.54) is 5.56 Å². The Kier molecular flexibility index (Phi) is 5.06. The van der Waals surface area contributed by atoms with Crippen molar-refractivity contribution < 1.29 is 14.3 Å². The van der Waals surface area contributed by atoms with Crippen molar-refractivity contribution in [3.05, 3.63) is 64.7 Å². The normalized spacial score (nSPS) is 20.9. The minimum Gasteiger partial charge on any atom is -0.487 e. The summed E-state index contributed by atoms with van der Waals surface area (Å²) in [5.74, 6) is 0.595. The number of hydrogen-bond acceptors (Lipinski definition) is 5. The van der Waals surface area contributed by atoms with Gasteiger partial charge in [-0.2, -0.15) is 0 Å². The molecule has 0 saturated carbocycles. The third-order valence-electron chi connectivity index (χ3n) is 5.72. The standard InChI is InChI=1S/C23H25N3O3/c27-23-21(19-3-1-2-4-20(19)25-23)22-18-6-5-16(13-17(18)15-29-22)14-24-7-8-26-9-11-28-12-10-26/h1-6,13,24H,7-12,14-15H2,(H,25,27). The number of amides is 1. The zero-order chi connectivity index (χ0) is 19.6. The van der Waals surface area contributed by atoms with Crippen LogP contribution in [-0.4, -0.2) is 50.2 Å². The van der Waals surface area contributed by atoms with Crippen LogP contribution < -0.4 is 10.6 Å². The van der Waals surface area contributed by atoms with E-state index in [-0.39, 0.29) is 5.91 Å². The van der Waals surface area contributed by atoms with Gasteiger partial charge in [-0.3, -0.25) is 9.69 Å². The zero-order valence-corrected chi connectivity index (χ0v) is 16.4. The summed E-state index contributed by atoms with van der Waals surface area (Å²) in [5, 5.41) is 6.46. The first-order valence-corrected chi connectivity index (χ1v) is 10.2. The van der Waals surface area contributed by atoms with Crippen molar-refractivity contribution in [2.45, 2.75) is 13.2 Å². The van der Waals surface area contributed by atoms with Crippen molar-refractivity contribution in [2.75, 3.05) is 44.7 Å². The second-order valence-electron chi connectivity index (χ2n) is 7.61. The first-order valence-electron chi connectivity index (χ1n) is 10.2. The molecule has 1 fully saturated rings. The van der Waals surface area contributed by atoms with Crippen LogP contribution >= 0.6 is 0 Å². The van der Waals surface area contributed by atoms with Gasteiger partial charge in [-0.25, -0.2) is 0 Å². The molecule has 6 heteroatoms. The van der Waals surface area contributed by atoms with Gasteiger partial charge >= 0.3 is 0 Å². The molecule has 0 aliphatic carbocycles. The van der Waals surface area contributed by atoms with Gasteiger partial charge in [0.15, 0.2) is 0 Å². The number of anilines is 1. The Balaban J connectivity index is 1.28. The lowest BCUT2D eigenvalue weighted by molar-refractivity contribution is -0.110. The summed E-state index contributed by atoms with van der Waals surface area (Å²) in [6.45, 7) is 7.05. The van der Waals surface area contributed by atoms with Crippen LogP contribution in [0.5, 0.6) is 0 Å². The van der Waals surface area contributed by atoms with Gasteiger partial charge in [-0.05, 0) is 11.6 Å². The first kappa shape index (κ1) is 18.4. The summed E-state index contributed by atoms with van der Waals surface area (Å²) >= 11 is 0. The highest BCUT2D eigenvalue weighted by molar-refractivity contribution is 6.36. The predicted octanol–water partition coefficient (Wildman–Crippen LogP) is 2.46. The topological polar surface area (TPSA) is 62.8 Å². The molecule has 3 heterocycles. The summed E-state index contributed by atoms with van der Waals surface area (Å²) in [6.07, 6.45) is 0. The third kappa shape index (κ3) is 3.67. The number of rotatable bonds is 5. The zero-order valence-electron chi connectivity index (χ0n) is 16.4. The Morgan fingerprint density at radius 2 is 1.93 bits per heavy atom. The number of benzene rings is 2. The lowest BCUT2D eigenvalue weighted by atomic mass is 9.99. The quantitative estimate of drug-likeness (QED) is 0.606. The summed E-state index contributed by atoms with van der Waals surface area (Å²) in [4.78, 5) is 15.0. The van der Waals surface area contributed by atoms with Crippen LogP contribution in [0.15, 0.2) is 42.5 Å². The van der Waals surface area contributed by atoms with Gasteiger partial charge in [0.1, 0.15) is 12.4 Å². The van der Waals surface area contributed by atoms with E-state index in [1.807, 2.05) is 24.3 Å². The Morgan fingerprint density at radius 1 is 1.07 bits per heavy atom. The number of para-hydroxylation sites is 1. The third-order valence-corrected chi connectivity index (χ3v) is 5.72. The molecule has 29 heavy (non-hydrogen) atoms. The van der Waals surface area contributed by atoms with Crippen LogP contribution in [0, 0.1) is 0 Å². The Morgan fingerprint density at radius 3 is 2.83 bits per heavy atom. The van der Waals surface area contributed by atoms with E-state index >= 15 is 0 Å². The fourth-order valence-corrected chi connectivity index (χ4v) is 4.17. The average molecular weight is 391 g/mol. The van der Waals surface area contributed by atoms with Gasteiger partial charge in [0.25, 0.3) is 5.91 Å². The van der Waals surface area contributed by atoms with Crippen LogP contribution in [0.3, 0.4) is 0 Å². The van der Waals surface area contributed by atoms with Crippen molar-refractivity contribution >= 4 is 22.9 Å². The maximum Gasteiger partial charge on any atom is 0.260 e. The van der Waals surface area contributed by atoms with Crippen molar-refractivity contribution in [3.8, 4) is 0 Å². The second kappa shape index (κ2) is 7.99. The number of ether oxygens (including phenoxy) is 2. The molecule has 0 aromatic heterocycles. The van der Waals surface area contributed by atoms with E-state index in [9.17, 15) is 4.79 Å². The van der Waals surface area contributed by atoms with Crippen molar-refractivity contribution in [3.63, 3.8) is 0 Å². The van der Waals surface area contributed by atoms with Gasteiger partial charge in [0, 0.05) is 55.1 Å². The molecular formula is C23H25N3O3. The lowest BCUT2D eigenvalue weighted by Crippen LogP contribution is -2.40. The monoisotopic (exact) mass is 391 g/mol. The van der Waals surface area contributed by atoms with Crippen LogP contribution in [0.25, 0.3) is 11.3 Å².